The molecular weight excluding hydrogens is 446 g/mol. The van der Waals surface area contributed by atoms with E-state index < -0.39 is 17.8 Å². The van der Waals surface area contributed by atoms with Crippen molar-refractivity contribution in [1.82, 2.24) is 5.43 Å². The zero-order chi connectivity index (χ0) is 25.5. The van der Waals surface area contributed by atoms with E-state index in [0.717, 1.165) is 16.7 Å². The number of carbonyl (C=O) groups is 3. The highest BCUT2D eigenvalue weighted by molar-refractivity contribution is 6.39. The van der Waals surface area contributed by atoms with Crippen molar-refractivity contribution in [3.05, 3.63) is 88.5 Å². The number of hydrazone groups is 1. The molecule has 0 atom stereocenters. The molecular formula is C27H27N3O5. The predicted molar refractivity (Wildman–Crippen MR) is 134 cm³/mol. The number of esters is 1. The van der Waals surface area contributed by atoms with Crippen molar-refractivity contribution < 1.29 is 23.9 Å². The first-order valence-electron chi connectivity index (χ1n) is 10.9. The summed E-state index contributed by atoms with van der Waals surface area (Å²) in [4.78, 5) is 37.0. The molecule has 0 bridgehead atoms. The molecule has 180 valence electrons. The summed E-state index contributed by atoms with van der Waals surface area (Å²) in [5.41, 5.74) is 6.99. The summed E-state index contributed by atoms with van der Waals surface area (Å²) in [5.74, 6) is -1.67. The lowest BCUT2D eigenvalue weighted by Gasteiger charge is -2.12. The lowest BCUT2D eigenvalue weighted by Crippen LogP contribution is -2.33. The minimum absolute atomic E-state index is 0.245. The largest absolute Gasteiger partial charge is 0.493 e. The molecule has 3 rings (SSSR count). The molecule has 0 saturated carbocycles. The highest BCUT2D eigenvalue weighted by Crippen LogP contribution is 2.29. The maximum absolute atomic E-state index is 12.5. The smallest absolute Gasteiger partial charge is 0.343 e. The van der Waals surface area contributed by atoms with Crippen molar-refractivity contribution in [2.24, 2.45) is 5.10 Å². The number of benzene rings is 3. The average Bonchev–Trinajstić information content (AvgIpc) is 2.84. The number of hydrogen-bond acceptors (Lipinski definition) is 6. The molecule has 8 heteroatoms. The molecule has 35 heavy (non-hydrogen) atoms. The van der Waals surface area contributed by atoms with Gasteiger partial charge in [0.25, 0.3) is 0 Å². The van der Waals surface area contributed by atoms with Gasteiger partial charge in [0.15, 0.2) is 11.5 Å². The van der Waals surface area contributed by atoms with E-state index in [1.54, 1.807) is 43.3 Å². The predicted octanol–water partition coefficient (Wildman–Crippen LogP) is 4.32. The highest BCUT2D eigenvalue weighted by Gasteiger charge is 2.17. The van der Waals surface area contributed by atoms with Gasteiger partial charge < -0.3 is 14.8 Å². The summed E-state index contributed by atoms with van der Waals surface area (Å²) in [7, 11) is 1.45. The van der Waals surface area contributed by atoms with Crippen LogP contribution in [0.1, 0.15) is 39.5 Å². The van der Waals surface area contributed by atoms with E-state index >= 15 is 0 Å². The molecule has 0 aliphatic carbocycles. The van der Waals surface area contributed by atoms with Crippen molar-refractivity contribution in [2.75, 3.05) is 12.4 Å². The molecule has 0 aromatic heterocycles. The van der Waals surface area contributed by atoms with E-state index in [1.807, 2.05) is 45.0 Å². The van der Waals surface area contributed by atoms with Gasteiger partial charge in [-0.1, -0.05) is 35.9 Å². The van der Waals surface area contributed by atoms with E-state index in [-0.39, 0.29) is 5.75 Å². The van der Waals surface area contributed by atoms with Crippen molar-refractivity contribution in [1.29, 1.82) is 0 Å². The molecule has 0 spiro atoms. The van der Waals surface area contributed by atoms with Crippen LogP contribution < -0.4 is 20.2 Å². The van der Waals surface area contributed by atoms with Crippen molar-refractivity contribution in [3.8, 4) is 11.5 Å². The Labute approximate surface area is 204 Å². The molecule has 2 amide bonds. The Morgan fingerprint density at radius 2 is 1.57 bits per heavy atom. The van der Waals surface area contributed by atoms with E-state index in [2.05, 4.69) is 15.8 Å². The summed E-state index contributed by atoms with van der Waals surface area (Å²) in [6.45, 7) is 7.28. The number of rotatable bonds is 6. The molecule has 3 aromatic carbocycles. The van der Waals surface area contributed by atoms with E-state index in [0.29, 0.717) is 28.3 Å². The number of carbonyl (C=O) groups excluding carboxylic acids is 3. The Balaban J connectivity index is 1.68. The monoisotopic (exact) mass is 473 g/mol. The van der Waals surface area contributed by atoms with Gasteiger partial charge in [0.05, 0.1) is 18.4 Å². The number of aryl methyl sites for hydroxylation is 3. The number of hydrogen-bond donors (Lipinski definition) is 2. The number of ether oxygens (including phenoxy) is 2. The van der Waals surface area contributed by atoms with Gasteiger partial charge in [-0.25, -0.2) is 10.2 Å². The molecule has 0 heterocycles. The van der Waals surface area contributed by atoms with Gasteiger partial charge in [0.2, 0.25) is 0 Å². The quantitative estimate of drug-likeness (QED) is 0.182. The van der Waals surface area contributed by atoms with E-state index in [9.17, 15) is 14.4 Å². The third-order valence-electron chi connectivity index (χ3n) is 5.31. The summed E-state index contributed by atoms with van der Waals surface area (Å²) < 4.78 is 10.9. The molecule has 0 saturated heterocycles. The Kier molecular flexibility index (Phi) is 7.99. The zero-order valence-electron chi connectivity index (χ0n) is 20.3. The fourth-order valence-electron chi connectivity index (χ4n) is 3.32. The van der Waals surface area contributed by atoms with Crippen LogP contribution in [0.2, 0.25) is 0 Å². The summed E-state index contributed by atoms with van der Waals surface area (Å²) in [6, 6.07) is 17.5. The third kappa shape index (κ3) is 6.32. The second-order valence-electron chi connectivity index (χ2n) is 7.98. The summed E-state index contributed by atoms with van der Waals surface area (Å²) in [6.07, 6.45) is 0. The van der Waals surface area contributed by atoms with E-state index in [1.165, 1.54) is 7.11 Å². The number of amides is 2. The maximum atomic E-state index is 12.5. The van der Waals surface area contributed by atoms with Crippen LogP contribution >= 0.6 is 0 Å². The van der Waals surface area contributed by atoms with Crippen molar-refractivity contribution >= 4 is 29.2 Å². The van der Waals surface area contributed by atoms with Crippen LogP contribution in [-0.2, 0) is 9.59 Å². The minimum atomic E-state index is -0.903. The molecule has 0 aliphatic heterocycles. The highest BCUT2D eigenvalue weighted by atomic mass is 16.6. The van der Waals surface area contributed by atoms with Crippen LogP contribution in [0, 0.1) is 20.8 Å². The molecule has 0 radical (unpaired) electrons. The fraction of sp³-hybridized carbons (Fsp3) is 0.185. The van der Waals surface area contributed by atoms with Gasteiger partial charge in [-0.15, -0.1) is 0 Å². The SMILES string of the molecule is COc1cc(/C(C)=N/NC(=O)C(=O)Nc2ccc(C)cc2C)ccc1OC(=O)c1ccccc1C. The minimum Gasteiger partial charge on any atom is -0.493 e. The van der Waals surface area contributed by atoms with Crippen molar-refractivity contribution in [3.63, 3.8) is 0 Å². The van der Waals surface area contributed by atoms with Crippen LogP contribution in [-0.4, -0.2) is 30.6 Å². The fourth-order valence-corrected chi connectivity index (χ4v) is 3.32. The third-order valence-corrected chi connectivity index (χ3v) is 5.31. The summed E-state index contributed by atoms with van der Waals surface area (Å²) >= 11 is 0. The van der Waals surface area contributed by atoms with Gasteiger partial charge in [0.1, 0.15) is 0 Å². The van der Waals surface area contributed by atoms with Crippen molar-refractivity contribution in [2.45, 2.75) is 27.7 Å². The maximum Gasteiger partial charge on any atom is 0.343 e. The van der Waals surface area contributed by atoms with Crippen LogP contribution in [0.25, 0.3) is 0 Å². The molecule has 3 aromatic rings. The lowest BCUT2D eigenvalue weighted by atomic mass is 10.1. The number of nitrogens with one attached hydrogen (secondary N) is 2. The Morgan fingerprint density at radius 3 is 2.26 bits per heavy atom. The molecule has 0 unspecified atom stereocenters. The van der Waals surface area contributed by atoms with Crippen LogP contribution in [0.15, 0.2) is 65.8 Å². The molecule has 0 fully saturated rings. The standard InChI is InChI=1S/C27H27N3O5/c1-16-10-12-22(18(3)14-16)28-25(31)26(32)30-29-19(4)20-11-13-23(24(15-20)34-5)35-27(33)21-9-7-6-8-17(21)2/h6-15H,1-5H3,(H,28,31)(H,30,32)/b29-19+. The van der Waals surface area contributed by atoms with Crippen LogP contribution in [0.5, 0.6) is 11.5 Å². The second-order valence-corrected chi connectivity index (χ2v) is 7.98. The number of nitrogens with zero attached hydrogens (tertiary/aromatic N) is 1. The lowest BCUT2D eigenvalue weighted by molar-refractivity contribution is -0.136. The van der Waals surface area contributed by atoms with Crippen LogP contribution in [0.3, 0.4) is 0 Å². The first kappa shape index (κ1) is 25.2. The Bertz CT molecular complexity index is 1310. The first-order chi connectivity index (χ1) is 16.7. The number of anilines is 1. The number of methoxy groups -OCH3 is 1. The Hall–Kier alpha value is -4.46. The van der Waals surface area contributed by atoms with Gasteiger partial charge in [0, 0.05) is 11.3 Å². The average molecular weight is 474 g/mol. The molecule has 8 nitrogen and oxygen atoms in total. The molecule has 0 aliphatic rings. The van der Waals surface area contributed by atoms with Gasteiger partial charge in [-0.3, -0.25) is 9.59 Å². The zero-order valence-corrected chi connectivity index (χ0v) is 20.3. The van der Waals surface area contributed by atoms with Gasteiger partial charge in [-0.2, -0.15) is 5.10 Å². The molecule has 2 N–H and O–H groups in total. The van der Waals surface area contributed by atoms with E-state index in [4.69, 9.17) is 9.47 Å². The normalized spacial score (nSPS) is 10.9. The second kappa shape index (κ2) is 11.1. The topological polar surface area (TPSA) is 106 Å². The van der Waals surface area contributed by atoms with Gasteiger partial charge in [-0.05, 0) is 69.2 Å². The van der Waals surface area contributed by atoms with Gasteiger partial charge >= 0.3 is 17.8 Å². The first-order valence-corrected chi connectivity index (χ1v) is 10.9. The summed E-state index contributed by atoms with van der Waals surface area (Å²) in [5, 5.41) is 6.59. The Morgan fingerprint density at radius 1 is 0.829 bits per heavy atom. The van der Waals surface area contributed by atoms with Crippen LogP contribution in [0.4, 0.5) is 5.69 Å².